The molecular weight excluding hydrogens is 442 g/mol. The molecule has 0 spiro atoms. The summed E-state index contributed by atoms with van der Waals surface area (Å²) in [6.45, 7) is 6.99. The van der Waals surface area contributed by atoms with E-state index in [0.29, 0.717) is 11.3 Å². The topological polar surface area (TPSA) is 108 Å². The summed E-state index contributed by atoms with van der Waals surface area (Å²) in [6.07, 6.45) is -0.762. The van der Waals surface area contributed by atoms with E-state index < -0.39 is 35.6 Å². The maximum absolute atomic E-state index is 13.3. The highest BCUT2D eigenvalue weighted by molar-refractivity contribution is 7.80. The molecule has 0 aliphatic rings. The van der Waals surface area contributed by atoms with Gasteiger partial charge in [0.15, 0.2) is 0 Å². The molecule has 0 radical (unpaired) electrons. The van der Waals surface area contributed by atoms with Crippen molar-refractivity contribution >= 4 is 36.2 Å². The van der Waals surface area contributed by atoms with E-state index in [1.165, 1.54) is 24.1 Å². The van der Waals surface area contributed by atoms with Crippen LogP contribution in [0.3, 0.4) is 0 Å². The van der Waals surface area contributed by atoms with Crippen molar-refractivity contribution < 1.29 is 24.2 Å². The molecule has 9 heteroatoms. The van der Waals surface area contributed by atoms with Crippen molar-refractivity contribution in [2.24, 2.45) is 0 Å². The smallest absolute Gasteiger partial charge is 0.408 e. The molecule has 2 rings (SSSR count). The number of carbonyl (C=O) groups is 3. The van der Waals surface area contributed by atoms with Crippen molar-refractivity contribution in [3.8, 4) is 5.75 Å². The number of rotatable bonds is 7. The highest BCUT2D eigenvalue weighted by Gasteiger charge is 2.34. The van der Waals surface area contributed by atoms with Gasteiger partial charge in [0, 0.05) is 18.5 Å². The van der Waals surface area contributed by atoms with E-state index in [4.69, 9.17) is 4.74 Å². The molecule has 0 bridgehead atoms. The molecule has 0 aliphatic heterocycles. The van der Waals surface area contributed by atoms with Crippen LogP contribution in [0.1, 0.15) is 37.9 Å². The highest BCUT2D eigenvalue weighted by atomic mass is 32.1. The zero-order valence-corrected chi connectivity index (χ0v) is 20.3. The van der Waals surface area contributed by atoms with Crippen LogP contribution in [0.2, 0.25) is 0 Å². The van der Waals surface area contributed by atoms with Crippen LogP contribution in [-0.4, -0.2) is 52.4 Å². The highest BCUT2D eigenvalue weighted by Crippen LogP contribution is 2.26. The molecule has 178 valence electrons. The molecule has 3 N–H and O–H groups in total. The Morgan fingerprint density at radius 3 is 2.36 bits per heavy atom. The monoisotopic (exact) mass is 473 g/mol. The fourth-order valence-electron chi connectivity index (χ4n) is 3.17. The number of nitrogens with zero attached hydrogens (tertiary/aromatic N) is 1. The minimum Gasteiger partial charge on any atom is -0.508 e. The van der Waals surface area contributed by atoms with E-state index in [1.54, 1.807) is 45.0 Å². The average molecular weight is 474 g/mol. The van der Waals surface area contributed by atoms with Crippen LogP contribution >= 0.6 is 12.6 Å². The Hall–Kier alpha value is -3.20. The molecule has 3 amide bonds. The molecular formula is C24H31N3O5S. The molecule has 2 atom stereocenters. The second kappa shape index (κ2) is 11.1. The van der Waals surface area contributed by atoms with Gasteiger partial charge < -0.3 is 25.4 Å². The number of carbonyl (C=O) groups excluding carboxylic acids is 3. The maximum Gasteiger partial charge on any atom is 0.408 e. The lowest BCUT2D eigenvalue weighted by Gasteiger charge is -2.31. The summed E-state index contributed by atoms with van der Waals surface area (Å²) in [5, 5.41) is 15.3. The number of aryl methyl sites for hydroxylation is 1. The van der Waals surface area contributed by atoms with Gasteiger partial charge in [0.2, 0.25) is 5.91 Å². The Kier molecular flexibility index (Phi) is 8.76. The molecule has 0 aromatic heterocycles. The second-order valence-corrected chi connectivity index (χ2v) is 9.00. The summed E-state index contributed by atoms with van der Waals surface area (Å²) in [7, 11) is 1.46. The maximum atomic E-state index is 13.3. The van der Waals surface area contributed by atoms with Crippen LogP contribution in [0, 0.1) is 6.92 Å². The van der Waals surface area contributed by atoms with Gasteiger partial charge in [-0.25, -0.2) is 4.79 Å². The number of para-hydroxylation sites is 1. The Morgan fingerprint density at radius 1 is 1.12 bits per heavy atom. The van der Waals surface area contributed by atoms with Crippen LogP contribution in [0.25, 0.3) is 0 Å². The molecule has 0 saturated carbocycles. The van der Waals surface area contributed by atoms with E-state index in [2.05, 4.69) is 23.3 Å². The number of amides is 3. The van der Waals surface area contributed by atoms with Gasteiger partial charge in [-0.1, -0.05) is 30.3 Å². The van der Waals surface area contributed by atoms with E-state index in [0.717, 1.165) is 5.56 Å². The summed E-state index contributed by atoms with van der Waals surface area (Å²) in [6, 6.07) is 11.3. The van der Waals surface area contributed by atoms with Crippen molar-refractivity contribution in [2.45, 2.75) is 45.4 Å². The number of hydrogen-bond acceptors (Lipinski definition) is 6. The lowest BCUT2D eigenvalue weighted by Crippen LogP contribution is -2.52. The summed E-state index contributed by atoms with van der Waals surface area (Å²) in [4.78, 5) is 40.0. The van der Waals surface area contributed by atoms with Crippen molar-refractivity contribution in [1.29, 1.82) is 0 Å². The number of likely N-dealkylation sites (N-methyl/N-ethyl adjacent to an activating group) is 1. The van der Waals surface area contributed by atoms with Crippen LogP contribution < -0.4 is 10.6 Å². The van der Waals surface area contributed by atoms with Crippen molar-refractivity contribution in [3.63, 3.8) is 0 Å². The molecule has 0 aliphatic carbocycles. The molecule has 0 fully saturated rings. The fourth-order valence-corrected chi connectivity index (χ4v) is 3.42. The van der Waals surface area contributed by atoms with Crippen LogP contribution in [0.5, 0.6) is 5.75 Å². The predicted octanol–water partition coefficient (Wildman–Crippen LogP) is 3.66. The third-order valence-corrected chi connectivity index (χ3v) is 5.11. The number of alkyl carbamates (subject to hydrolysis) is 1. The first-order chi connectivity index (χ1) is 15.4. The number of benzene rings is 2. The lowest BCUT2D eigenvalue weighted by atomic mass is 10.0. The number of ether oxygens (including phenoxy) is 1. The second-order valence-electron chi connectivity index (χ2n) is 8.63. The Balaban J connectivity index is 2.33. The van der Waals surface area contributed by atoms with E-state index in [-0.39, 0.29) is 11.5 Å². The van der Waals surface area contributed by atoms with Crippen LogP contribution in [0.4, 0.5) is 10.5 Å². The van der Waals surface area contributed by atoms with Gasteiger partial charge in [-0.2, -0.15) is 12.6 Å². The van der Waals surface area contributed by atoms with Crippen molar-refractivity contribution in [2.75, 3.05) is 18.1 Å². The van der Waals surface area contributed by atoms with Crippen molar-refractivity contribution in [1.82, 2.24) is 10.2 Å². The molecule has 2 aromatic carbocycles. The first kappa shape index (κ1) is 26.1. The lowest BCUT2D eigenvalue weighted by molar-refractivity contribution is -0.138. The molecule has 0 heterocycles. The van der Waals surface area contributed by atoms with Gasteiger partial charge in [0.25, 0.3) is 5.91 Å². The third-order valence-electron chi connectivity index (χ3n) is 4.74. The van der Waals surface area contributed by atoms with Gasteiger partial charge in [-0.15, -0.1) is 0 Å². The predicted molar refractivity (Wildman–Crippen MR) is 130 cm³/mol. The van der Waals surface area contributed by atoms with Crippen molar-refractivity contribution in [3.05, 3.63) is 59.7 Å². The number of anilines is 1. The normalized spacial score (nSPS) is 12.9. The van der Waals surface area contributed by atoms with Crippen LogP contribution in [0.15, 0.2) is 48.5 Å². The van der Waals surface area contributed by atoms with Gasteiger partial charge in [-0.3, -0.25) is 9.59 Å². The Labute approximate surface area is 199 Å². The third kappa shape index (κ3) is 7.42. The number of nitrogens with one attached hydrogen (secondary N) is 2. The first-order valence-electron chi connectivity index (χ1n) is 10.5. The quantitative estimate of drug-likeness (QED) is 0.459. The Bertz CT molecular complexity index is 1010. The number of hydrogen-bond donors (Lipinski definition) is 4. The standard InChI is InChI=1S/C24H31N3O5S/c1-15-9-6-7-12-18(15)25-21(29)20(16-10-8-11-17(28)13-16)27(5)22(30)19(14-33)26-23(31)32-24(2,3)4/h6-13,19-20,28,33H,14H2,1-5H3,(H,25,29)(H,26,31). The van der Waals surface area contributed by atoms with Gasteiger partial charge in [0.05, 0.1) is 0 Å². The summed E-state index contributed by atoms with van der Waals surface area (Å²) >= 11 is 4.19. The van der Waals surface area contributed by atoms with Gasteiger partial charge in [0.1, 0.15) is 23.4 Å². The number of aromatic hydroxyl groups is 1. The SMILES string of the molecule is Cc1ccccc1NC(=O)C(c1cccc(O)c1)N(C)C(=O)C(CS)NC(=O)OC(C)(C)C. The largest absolute Gasteiger partial charge is 0.508 e. The zero-order chi connectivity index (χ0) is 24.8. The average Bonchev–Trinajstić information content (AvgIpc) is 2.72. The van der Waals surface area contributed by atoms with Crippen LogP contribution in [-0.2, 0) is 14.3 Å². The minimum absolute atomic E-state index is 0.00537. The van der Waals surface area contributed by atoms with E-state index in [9.17, 15) is 19.5 Å². The minimum atomic E-state index is -1.08. The number of thiol groups is 1. The molecule has 0 saturated heterocycles. The van der Waals surface area contributed by atoms with Gasteiger partial charge >= 0.3 is 6.09 Å². The van der Waals surface area contributed by atoms with Gasteiger partial charge in [-0.05, 0) is 57.0 Å². The number of phenols is 1. The summed E-state index contributed by atoms with van der Waals surface area (Å²) < 4.78 is 5.23. The summed E-state index contributed by atoms with van der Waals surface area (Å²) in [5.74, 6) is -1.06. The molecule has 33 heavy (non-hydrogen) atoms. The molecule has 2 unspecified atom stereocenters. The Morgan fingerprint density at radius 2 is 1.79 bits per heavy atom. The van der Waals surface area contributed by atoms with E-state index in [1.807, 2.05) is 19.1 Å². The zero-order valence-electron chi connectivity index (χ0n) is 19.5. The fraction of sp³-hybridized carbons (Fsp3) is 0.375. The number of phenolic OH excluding ortho intramolecular Hbond substituents is 1. The molecule has 2 aromatic rings. The van der Waals surface area contributed by atoms with E-state index >= 15 is 0 Å². The summed E-state index contributed by atoms with van der Waals surface area (Å²) in [5.41, 5.74) is 1.13. The molecule has 8 nitrogen and oxygen atoms in total. The first-order valence-corrected chi connectivity index (χ1v) is 11.1.